The summed E-state index contributed by atoms with van der Waals surface area (Å²) in [5.74, 6) is 0.644. The molecule has 2 fully saturated rings. The van der Waals surface area contributed by atoms with Crippen LogP contribution in [-0.2, 0) is 0 Å². The molecule has 30 heavy (non-hydrogen) atoms. The lowest BCUT2D eigenvalue weighted by Crippen LogP contribution is -2.45. The van der Waals surface area contributed by atoms with E-state index in [1.54, 1.807) is 12.1 Å². The monoisotopic (exact) mass is 429 g/mol. The predicted molar refractivity (Wildman–Crippen MR) is 116 cm³/mol. The summed E-state index contributed by atoms with van der Waals surface area (Å²) in [5.41, 5.74) is 1.54. The summed E-state index contributed by atoms with van der Waals surface area (Å²) in [6, 6.07) is 7.02. The van der Waals surface area contributed by atoms with Crippen molar-refractivity contribution < 1.29 is 14.6 Å². The van der Waals surface area contributed by atoms with E-state index in [9.17, 15) is 9.90 Å². The lowest BCUT2D eigenvalue weighted by atomic mass is 9.92. The van der Waals surface area contributed by atoms with Crippen molar-refractivity contribution in [3.63, 3.8) is 0 Å². The molecule has 160 valence electrons. The van der Waals surface area contributed by atoms with Crippen LogP contribution in [0.3, 0.4) is 0 Å². The molecule has 4 rings (SSSR count). The van der Waals surface area contributed by atoms with Crippen LogP contribution in [0.25, 0.3) is 11.3 Å². The molecule has 6 nitrogen and oxygen atoms in total. The van der Waals surface area contributed by atoms with Gasteiger partial charge < -0.3 is 15.2 Å². The number of amides is 1. The van der Waals surface area contributed by atoms with E-state index in [0.29, 0.717) is 35.5 Å². The Labute approximate surface area is 182 Å². The third kappa shape index (κ3) is 5.10. The highest BCUT2D eigenvalue weighted by Gasteiger charge is 2.26. The summed E-state index contributed by atoms with van der Waals surface area (Å²) in [5, 5.41) is 13.7. The second-order valence-corrected chi connectivity index (χ2v) is 8.75. The normalized spacial score (nSPS) is 22.1. The third-order valence-corrected chi connectivity index (χ3v) is 6.32. The average Bonchev–Trinajstić information content (AvgIpc) is 3.28. The molecule has 0 aliphatic heterocycles. The molecule has 2 N–H and O–H groups in total. The SMILES string of the molecule is O=C(N[C@@H]1CCCC[C@H]1O)c1cnc(OCC2CCCC2)c(-c2ccc(Cl)cc2)n1. The molecule has 2 aromatic rings. The summed E-state index contributed by atoms with van der Waals surface area (Å²) < 4.78 is 6.03. The van der Waals surface area contributed by atoms with Crippen LogP contribution in [-0.4, -0.2) is 39.7 Å². The largest absolute Gasteiger partial charge is 0.476 e. The molecule has 1 heterocycles. The van der Waals surface area contributed by atoms with Crippen molar-refractivity contribution >= 4 is 17.5 Å². The molecule has 0 spiro atoms. The lowest BCUT2D eigenvalue weighted by molar-refractivity contribution is 0.0713. The minimum Gasteiger partial charge on any atom is -0.476 e. The van der Waals surface area contributed by atoms with Crippen LogP contribution in [0.15, 0.2) is 30.5 Å². The number of halogens is 1. The predicted octanol–water partition coefficient (Wildman–Crippen LogP) is 4.40. The van der Waals surface area contributed by atoms with Crippen LogP contribution in [0.5, 0.6) is 5.88 Å². The van der Waals surface area contributed by atoms with Gasteiger partial charge in [0.25, 0.3) is 5.91 Å². The Hall–Kier alpha value is -2.18. The van der Waals surface area contributed by atoms with Crippen LogP contribution >= 0.6 is 11.6 Å². The van der Waals surface area contributed by atoms with Gasteiger partial charge in [-0.2, -0.15) is 0 Å². The maximum atomic E-state index is 12.8. The molecule has 2 aliphatic carbocycles. The Morgan fingerprint density at radius 1 is 1.10 bits per heavy atom. The van der Waals surface area contributed by atoms with Crippen molar-refractivity contribution in [3.8, 4) is 17.1 Å². The fourth-order valence-corrected chi connectivity index (χ4v) is 4.41. The van der Waals surface area contributed by atoms with Crippen molar-refractivity contribution in [3.05, 3.63) is 41.2 Å². The maximum Gasteiger partial charge on any atom is 0.271 e. The molecule has 0 bridgehead atoms. The second kappa shape index (κ2) is 9.75. The van der Waals surface area contributed by atoms with E-state index in [1.807, 2.05) is 12.1 Å². The Kier molecular flexibility index (Phi) is 6.85. The van der Waals surface area contributed by atoms with Crippen molar-refractivity contribution in [2.75, 3.05) is 6.61 Å². The van der Waals surface area contributed by atoms with Crippen molar-refractivity contribution in [2.45, 2.75) is 63.5 Å². The van der Waals surface area contributed by atoms with Gasteiger partial charge in [-0.25, -0.2) is 9.97 Å². The van der Waals surface area contributed by atoms with Crippen LogP contribution in [0.1, 0.15) is 61.9 Å². The molecule has 2 aliphatic rings. The van der Waals surface area contributed by atoms with Gasteiger partial charge in [-0.3, -0.25) is 4.79 Å². The number of ether oxygens (including phenoxy) is 1. The molecule has 7 heteroatoms. The van der Waals surface area contributed by atoms with Crippen molar-refractivity contribution in [1.82, 2.24) is 15.3 Å². The molecular weight excluding hydrogens is 402 g/mol. The minimum atomic E-state index is -0.514. The fraction of sp³-hybridized carbons (Fsp3) is 0.522. The summed E-state index contributed by atoms with van der Waals surface area (Å²) in [4.78, 5) is 21.8. The number of aromatic nitrogens is 2. The molecule has 0 radical (unpaired) electrons. The molecule has 0 saturated heterocycles. The van der Waals surface area contributed by atoms with E-state index in [0.717, 1.165) is 24.8 Å². The second-order valence-electron chi connectivity index (χ2n) is 8.31. The first-order valence-electron chi connectivity index (χ1n) is 10.8. The molecule has 2 atom stereocenters. The first-order valence-corrected chi connectivity index (χ1v) is 11.2. The van der Waals surface area contributed by atoms with E-state index < -0.39 is 6.10 Å². The maximum absolute atomic E-state index is 12.8. The van der Waals surface area contributed by atoms with E-state index in [1.165, 1.54) is 31.9 Å². The summed E-state index contributed by atoms with van der Waals surface area (Å²) in [7, 11) is 0. The standard InChI is InChI=1S/C23H28ClN3O3/c24-17-11-9-16(10-12-17)21-23(30-14-15-5-1-2-6-15)25-13-19(26-21)22(29)27-18-7-3-4-8-20(18)28/h9-13,15,18,20,28H,1-8,14H2,(H,27,29)/t18-,20-/m1/s1. The number of carbonyl (C=O) groups excluding carboxylic acids is 1. The summed E-state index contributed by atoms with van der Waals surface area (Å²) in [6.45, 7) is 0.606. The highest BCUT2D eigenvalue weighted by atomic mass is 35.5. The molecule has 2 saturated carbocycles. The van der Waals surface area contributed by atoms with Crippen LogP contribution in [0.4, 0.5) is 0 Å². The summed E-state index contributed by atoms with van der Waals surface area (Å²) in [6.07, 6.45) is 9.24. The number of hydrogen-bond donors (Lipinski definition) is 2. The van der Waals surface area contributed by atoms with Crippen LogP contribution in [0, 0.1) is 5.92 Å². The summed E-state index contributed by atoms with van der Waals surface area (Å²) >= 11 is 6.03. The number of hydrogen-bond acceptors (Lipinski definition) is 5. The Morgan fingerprint density at radius 3 is 2.53 bits per heavy atom. The number of benzene rings is 1. The first kappa shape index (κ1) is 21.1. The Morgan fingerprint density at radius 2 is 1.80 bits per heavy atom. The van der Waals surface area contributed by atoms with Gasteiger partial charge in [-0.15, -0.1) is 0 Å². The zero-order chi connectivity index (χ0) is 20.9. The number of aliphatic hydroxyl groups is 1. The van der Waals surface area contributed by atoms with Gasteiger partial charge in [0.05, 0.1) is 24.9 Å². The quantitative estimate of drug-likeness (QED) is 0.710. The Balaban J connectivity index is 1.56. The molecule has 0 unspecified atom stereocenters. The number of nitrogens with one attached hydrogen (secondary N) is 1. The van der Waals surface area contributed by atoms with Crippen molar-refractivity contribution in [1.29, 1.82) is 0 Å². The number of rotatable bonds is 6. The molecule has 1 aromatic heterocycles. The van der Waals surface area contributed by atoms with Gasteiger partial charge in [0.1, 0.15) is 11.4 Å². The zero-order valence-corrected chi connectivity index (χ0v) is 17.8. The van der Waals surface area contributed by atoms with Crippen LogP contribution in [0.2, 0.25) is 5.02 Å². The van der Waals surface area contributed by atoms with Gasteiger partial charge in [0.2, 0.25) is 5.88 Å². The smallest absolute Gasteiger partial charge is 0.271 e. The molecule has 1 amide bonds. The van der Waals surface area contributed by atoms with Gasteiger partial charge in [0, 0.05) is 10.6 Å². The van der Waals surface area contributed by atoms with E-state index >= 15 is 0 Å². The number of aliphatic hydroxyl groups excluding tert-OH is 1. The first-order chi connectivity index (χ1) is 14.6. The van der Waals surface area contributed by atoms with Crippen molar-refractivity contribution in [2.24, 2.45) is 5.92 Å². The minimum absolute atomic E-state index is 0.214. The van der Waals surface area contributed by atoms with Gasteiger partial charge >= 0.3 is 0 Å². The zero-order valence-electron chi connectivity index (χ0n) is 17.0. The molecule has 1 aromatic carbocycles. The lowest BCUT2D eigenvalue weighted by Gasteiger charge is -2.28. The van der Waals surface area contributed by atoms with Gasteiger partial charge in [-0.1, -0.05) is 49.4 Å². The number of carbonyl (C=O) groups is 1. The van der Waals surface area contributed by atoms with Crippen LogP contribution < -0.4 is 10.1 Å². The van der Waals surface area contributed by atoms with E-state index in [-0.39, 0.29) is 17.6 Å². The highest BCUT2D eigenvalue weighted by molar-refractivity contribution is 6.30. The number of nitrogens with zero attached hydrogens (tertiary/aromatic N) is 2. The fourth-order valence-electron chi connectivity index (χ4n) is 4.28. The average molecular weight is 430 g/mol. The van der Waals surface area contributed by atoms with Gasteiger partial charge in [-0.05, 0) is 43.7 Å². The molecular formula is C23H28ClN3O3. The topological polar surface area (TPSA) is 84.3 Å². The van der Waals surface area contributed by atoms with Gasteiger partial charge in [0.15, 0.2) is 0 Å². The Bertz CT molecular complexity index is 868. The van der Waals surface area contributed by atoms with E-state index in [2.05, 4.69) is 15.3 Å². The third-order valence-electron chi connectivity index (χ3n) is 6.07. The van der Waals surface area contributed by atoms with E-state index in [4.69, 9.17) is 16.3 Å². The highest BCUT2D eigenvalue weighted by Crippen LogP contribution is 2.30.